The summed E-state index contributed by atoms with van der Waals surface area (Å²) < 4.78 is 0. The minimum atomic E-state index is 0.204. The van der Waals surface area contributed by atoms with E-state index in [1.54, 1.807) is 11.3 Å². The van der Waals surface area contributed by atoms with E-state index in [9.17, 15) is 0 Å². The van der Waals surface area contributed by atoms with Crippen molar-refractivity contribution in [3.63, 3.8) is 0 Å². The van der Waals surface area contributed by atoms with E-state index in [1.807, 2.05) is 6.07 Å². The summed E-state index contributed by atoms with van der Waals surface area (Å²) >= 11 is 1.74. The van der Waals surface area contributed by atoms with Gasteiger partial charge in [0.05, 0.1) is 6.61 Å². The minimum absolute atomic E-state index is 0.204. The molecule has 0 spiro atoms. The molecule has 0 aliphatic rings. The molecule has 0 aliphatic carbocycles. The second-order valence-electron chi connectivity index (χ2n) is 2.41. The number of aliphatic hydroxyl groups is 1. The average Bonchev–Trinajstić information content (AvgIpc) is 2.52. The number of aliphatic hydroxyl groups excluding tert-OH is 1. The predicted molar refractivity (Wildman–Crippen MR) is 47.8 cm³/mol. The molecule has 2 N–H and O–H groups in total. The van der Waals surface area contributed by atoms with Gasteiger partial charge in [0.1, 0.15) is 0 Å². The Kier molecular flexibility index (Phi) is 3.56. The van der Waals surface area contributed by atoms with E-state index in [0.717, 1.165) is 0 Å². The zero-order chi connectivity index (χ0) is 8.10. The Bertz CT molecular complexity index is 186. The summed E-state index contributed by atoms with van der Waals surface area (Å²) in [6, 6.07) is 4.50. The molecule has 0 aromatic carbocycles. The lowest BCUT2D eigenvalue weighted by Gasteiger charge is -2.09. The predicted octanol–water partition coefficient (Wildman–Crippen LogP) is 1.39. The molecule has 1 rings (SSSR count). The van der Waals surface area contributed by atoms with Gasteiger partial charge in [-0.3, -0.25) is 0 Å². The Labute approximate surface area is 70.9 Å². The standard InChI is InChI=1S/C8H13NOS/c1-7(9-4-5-10)8-3-2-6-11-8/h2-3,6-7,9-10H,4-5H2,1H3/t7-/m0/s1. The van der Waals surface area contributed by atoms with Crippen LogP contribution >= 0.6 is 11.3 Å². The van der Waals surface area contributed by atoms with Crippen LogP contribution in [0.3, 0.4) is 0 Å². The van der Waals surface area contributed by atoms with Gasteiger partial charge in [-0.2, -0.15) is 0 Å². The maximum atomic E-state index is 8.55. The zero-order valence-electron chi connectivity index (χ0n) is 6.58. The quantitative estimate of drug-likeness (QED) is 0.717. The van der Waals surface area contributed by atoms with Crippen LogP contribution < -0.4 is 5.32 Å². The van der Waals surface area contributed by atoms with Crippen LogP contribution in [0.1, 0.15) is 17.8 Å². The van der Waals surface area contributed by atoms with E-state index in [4.69, 9.17) is 5.11 Å². The van der Waals surface area contributed by atoms with E-state index in [2.05, 4.69) is 23.7 Å². The first kappa shape index (κ1) is 8.71. The largest absolute Gasteiger partial charge is 0.395 e. The third kappa shape index (κ3) is 2.61. The van der Waals surface area contributed by atoms with E-state index >= 15 is 0 Å². The van der Waals surface area contributed by atoms with Crippen molar-refractivity contribution in [1.29, 1.82) is 0 Å². The van der Waals surface area contributed by atoms with Crippen molar-refractivity contribution in [2.24, 2.45) is 0 Å². The molecular weight excluding hydrogens is 158 g/mol. The molecule has 3 heteroatoms. The fraction of sp³-hybridized carbons (Fsp3) is 0.500. The first-order chi connectivity index (χ1) is 5.34. The van der Waals surface area contributed by atoms with Crippen LogP contribution in [0.25, 0.3) is 0 Å². The van der Waals surface area contributed by atoms with Crippen molar-refractivity contribution in [3.05, 3.63) is 22.4 Å². The van der Waals surface area contributed by atoms with Gasteiger partial charge in [0.15, 0.2) is 0 Å². The Balaban J connectivity index is 2.36. The van der Waals surface area contributed by atoms with Crippen molar-refractivity contribution < 1.29 is 5.11 Å². The summed E-state index contributed by atoms with van der Waals surface area (Å²) in [4.78, 5) is 1.32. The Morgan fingerprint density at radius 2 is 2.55 bits per heavy atom. The molecule has 11 heavy (non-hydrogen) atoms. The fourth-order valence-corrected chi connectivity index (χ4v) is 1.68. The third-order valence-corrected chi connectivity index (χ3v) is 2.59. The monoisotopic (exact) mass is 171 g/mol. The van der Waals surface area contributed by atoms with Crippen LogP contribution in [-0.2, 0) is 0 Å². The maximum Gasteiger partial charge on any atom is 0.0556 e. The highest BCUT2D eigenvalue weighted by Crippen LogP contribution is 2.17. The first-order valence-electron chi connectivity index (χ1n) is 3.72. The van der Waals surface area contributed by atoms with Gasteiger partial charge in [0.2, 0.25) is 0 Å². The molecule has 2 nitrogen and oxygen atoms in total. The van der Waals surface area contributed by atoms with Crippen LogP contribution in [0, 0.1) is 0 Å². The lowest BCUT2D eigenvalue weighted by molar-refractivity contribution is 0.286. The number of hydrogen-bond acceptors (Lipinski definition) is 3. The zero-order valence-corrected chi connectivity index (χ0v) is 7.40. The van der Waals surface area contributed by atoms with Crippen LogP contribution in [0.15, 0.2) is 17.5 Å². The van der Waals surface area contributed by atoms with Crippen molar-refractivity contribution in [3.8, 4) is 0 Å². The first-order valence-corrected chi connectivity index (χ1v) is 4.60. The highest BCUT2D eigenvalue weighted by molar-refractivity contribution is 7.10. The summed E-state index contributed by atoms with van der Waals surface area (Å²) in [5, 5.41) is 13.8. The average molecular weight is 171 g/mol. The molecule has 0 bridgehead atoms. The van der Waals surface area contributed by atoms with Gasteiger partial charge in [-0.15, -0.1) is 11.3 Å². The highest BCUT2D eigenvalue weighted by atomic mass is 32.1. The summed E-state index contributed by atoms with van der Waals surface area (Å²) in [6.45, 7) is 2.97. The molecule has 0 saturated heterocycles. The van der Waals surface area contributed by atoms with Crippen LogP contribution in [0.5, 0.6) is 0 Å². The third-order valence-electron chi connectivity index (χ3n) is 1.53. The van der Waals surface area contributed by atoms with Crippen molar-refractivity contribution in [2.45, 2.75) is 13.0 Å². The molecule has 0 aliphatic heterocycles. The van der Waals surface area contributed by atoms with Gasteiger partial charge in [-0.1, -0.05) is 6.07 Å². The van der Waals surface area contributed by atoms with Gasteiger partial charge >= 0.3 is 0 Å². The van der Waals surface area contributed by atoms with Gasteiger partial charge < -0.3 is 10.4 Å². The van der Waals surface area contributed by atoms with Crippen LogP contribution in [-0.4, -0.2) is 18.3 Å². The van der Waals surface area contributed by atoms with E-state index in [0.29, 0.717) is 12.6 Å². The van der Waals surface area contributed by atoms with Gasteiger partial charge in [-0.05, 0) is 18.4 Å². The van der Waals surface area contributed by atoms with Gasteiger partial charge in [-0.25, -0.2) is 0 Å². The smallest absolute Gasteiger partial charge is 0.0556 e. The Morgan fingerprint density at radius 3 is 3.09 bits per heavy atom. The molecule has 1 heterocycles. The molecule has 1 atom stereocenters. The van der Waals surface area contributed by atoms with Gasteiger partial charge in [0, 0.05) is 17.5 Å². The number of nitrogens with one attached hydrogen (secondary N) is 1. The molecule has 62 valence electrons. The summed E-state index contributed by atoms with van der Waals surface area (Å²) in [6.07, 6.45) is 0. The second-order valence-corrected chi connectivity index (χ2v) is 3.39. The molecule has 0 radical (unpaired) electrons. The normalized spacial score (nSPS) is 13.3. The molecule has 1 aromatic heterocycles. The highest BCUT2D eigenvalue weighted by Gasteiger charge is 2.03. The summed E-state index contributed by atoms with van der Waals surface area (Å²) in [5.74, 6) is 0. The van der Waals surface area contributed by atoms with E-state index < -0.39 is 0 Å². The number of rotatable bonds is 4. The van der Waals surface area contributed by atoms with E-state index in [1.165, 1.54) is 4.88 Å². The molecular formula is C8H13NOS. The molecule has 1 aromatic rings. The lowest BCUT2D eigenvalue weighted by atomic mass is 10.3. The Morgan fingerprint density at radius 1 is 1.73 bits per heavy atom. The van der Waals surface area contributed by atoms with Crippen LogP contribution in [0.4, 0.5) is 0 Å². The Hall–Kier alpha value is -0.380. The van der Waals surface area contributed by atoms with Crippen molar-refractivity contribution >= 4 is 11.3 Å². The minimum Gasteiger partial charge on any atom is -0.395 e. The van der Waals surface area contributed by atoms with Crippen molar-refractivity contribution in [2.75, 3.05) is 13.2 Å². The number of hydrogen-bond donors (Lipinski definition) is 2. The molecule has 0 unspecified atom stereocenters. The summed E-state index contributed by atoms with van der Waals surface area (Å²) in [5.41, 5.74) is 0. The number of thiophene rings is 1. The SMILES string of the molecule is C[C@H](NCCO)c1cccs1. The molecule has 0 fully saturated rings. The van der Waals surface area contributed by atoms with Gasteiger partial charge in [0.25, 0.3) is 0 Å². The topological polar surface area (TPSA) is 32.3 Å². The summed E-state index contributed by atoms with van der Waals surface area (Å²) in [7, 11) is 0. The van der Waals surface area contributed by atoms with Crippen LogP contribution in [0.2, 0.25) is 0 Å². The lowest BCUT2D eigenvalue weighted by Crippen LogP contribution is -2.21. The van der Waals surface area contributed by atoms with E-state index in [-0.39, 0.29) is 6.61 Å². The second kappa shape index (κ2) is 4.49. The molecule has 0 saturated carbocycles. The maximum absolute atomic E-state index is 8.55. The molecule has 0 amide bonds. The fourth-order valence-electron chi connectivity index (χ4n) is 0.919. The van der Waals surface area contributed by atoms with Crippen molar-refractivity contribution in [1.82, 2.24) is 5.32 Å².